The van der Waals surface area contributed by atoms with Crippen LogP contribution in [0.1, 0.15) is 5.56 Å². The lowest BCUT2D eigenvalue weighted by Crippen LogP contribution is -2.11. The number of fused-ring (bicyclic) bond motifs is 1. The maximum atomic E-state index is 3.41. The van der Waals surface area contributed by atoms with E-state index in [0.717, 1.165) is 13.1 Å². The molecule has 0 atom stereocenters. The molecule has 0 fully saturated rings. The van der Waals surface area contributed by atoms with Gasteiger partial charge in [-0.05, 0) is 24.7 Å². The van der Waals surface area contributed by atoms with Gasteiger partial charge in [-0.15, -0.1) is 11.8 Å². The van der Waals surface area contributed by atoms with Crippen LogP contribution in [0.3, 0.4) is 0 Å². The first-order chi connectivity index (χ1) is 6.40. The van der Waals surface area contributed by atoms with Crippen LogP contribution in [-0.4, -0.2) is 19.3 Å². The summed E-state index contributed by atoms with van der Waals surface area (Å²) in [5, 5.41) is 6.57. The summed E-state index contributed by atoms with van der Waals surface area (Å²) < 4.78 is 0. The van der Waals surface area contributed by atoms with E-state index in [1.165, 1.54) is 21.9 Å². The molecule has 0 aromatic heterocycles. The zero-order valence-electron chi connectivity index (χ0n) is 7.76. The number of nitrogens with one attached hydrogen (secondary N) is 2. The summed E-state index contributed by atoms with van der Waals surface area (Å²) in [4.78, 5) is 1.38. The van der Waals surface area contributed by atoms with Crippen molar-refractivity contribution < 1.29 is 0 Å². The highest BCUT2D eigenvalue weighted by Crippen LogP contribution is 2.31. The molecule has 0 radical (unpaired) electrons. The van der Waals surface area contributed by atoms with Crippen molar-refractivity contribution in [3.8, 4) is 0 Å². The molecular formula is C10H14N2S. The molecule has 1 heterocycles. The predicted molar refractivity (Wildman–Crippen MR) is 58.4 cm³/mol. The maximum Gasteiger partial charge on any atom is 0.0481 e. The van der Waals surface area contributed by atoms with E-state index >= 15 is 0 Å². The zero-order valence-corrected chi connectivity index (χ0v) is 8.58. The Bertz CT molecular complexity index is 299. The minimum atomic E-state index is 0.944. The van der Waals surface area contributed by atoms with Gasteiger partial charge in [-0.1, -0.05) is 6.07 Å². The van der Waals surface area contributed by atoms with Crippen LogP contribution < -0.4 is 10.6 Å². The Morgan fingerprint density at radius 3 is 3.31 bits per heavy atom. The molecule has 13 heavy (non-hydrogen) atoms. The van der Waals surface area contributed by atoms with Gasteiger partial charge in [0.2, 0.25) is 0 Å². The molecule has 0 unspecified atom stereocenters. The van der Waals surface area contributed by atoms with Crippen LogP contribution in [0.25, 0.3) is 0 Å². The normalized spacial score (nSPS) is 14.8. The summed E-state index contributed by atoms with van der Waals surface area (Å²) in [7, 11) is 1.97. The van der Waals surface area contributed by atoms with Crippen molar-refractivity contribution in [2.24, 2.45) is 0 Å². The second-order valence-electron chi connectivity index (χ2n) is 3.14. The molecule has 70 valence electrons. The van der Waals surface area contributed by atoms with Gasteiger partial charge in [0.05, 0.1) is 0 Å². The molecule has 1 aliphatic heterocycles. The molecule has 0 spiro atoms. The molecule has 0 aliphatic carbocycles. The third kappa shape index (κ3) is 1.98. The van der Waals surface area contributed by atoms with Crippen LogP contribution in [0, 0.1) is 0 Å². The summed E-state index contributed by atoms with van der Waals surface area (Å²) >= 11 is 1.93. The third-order valence-corrected chi connectivity index (χ3v) is 3.18. The smallest absolute Gasteiger partial charge is 0.0481 e. The van der Waals surface area contributed by atoms with Gasteiger partial charge in [-0.2, -0.15) is 0 Å². The molecule has 2 nitrogen and oxygen atoms in total. The van der Waals surface area contributed by atoms with E-state index in [2.05, 4.69) is 28.8 Å². The average molecular weight is 194 g/mol. The number of anilines is 1. The van der Waals surface area contributed by atoms with Gasteiger partial charge < -0.3 is 10.6 Å². The molecule has 3 heteroatoms. The summed E-state index contributed by atoms with van der Waals surface area (Å²) in [6.07, 6.45) is 0. The molecule has 0 bridgehead atoms. The molecule has 1 aromatic rings. The Kier molecular flexibility index (Phi) is 2.76. The first-order valence-corrected chi connectivity index (χ1v) is 5.53. The molecule has 0 amide bonds. The van der Waals surface area contributed by atoms with Gasteiger partial charge in [-0.25, -0.2) is 0 Å². The average Bonchev–Trinajstić information content (AvgIpc) is 2.18. The lowest BCUT2D eigenvalue weighted by molar-refractivity contribution is 0.817. The highest BCUT2D eigenvalue weighted by atomic mass is 32.2. The largest absolute Gasteiger partial charge is 0.383 e. The van der Waals surface area contributed by atoms with Crippen molar-refractivity contribution in [2.45, 2.75) is 11.4 Å². The third-order valence-electron chi connectivity index (χ3n) is 2.10. The van der Waals surface area contributed by atoms with Crippen LogP contribution >= 0.6 is 11.8 Å². The fraction of sp³-hybridized carbons (Fsp3) is 0.400. The number of benzene rings is 1. The monoisotopic (exact) mass is 194 g/mol. The second kappa shape index (κ2) is 4.03. The van der Waals surface area contributed by atoms with E-state index in [9.17, 15) is 0 Å². The van der Waals surface area contributed by atoms with Gasteiger partial charge in [0.15, 0.2) is 0 Å². The first-order valence-electron chi connectivity index (χ1n) is 4.54. The Balaban J connectivity index is 2.24. The van der Waals surface area contributed by atoms with Crippen LogP contribution in [0.15, 0.2) is 23.1 Å². The van der Waals surface area contributed by atoms with Crippen molar-refractivity contribution in [2.75, 3.05) is 24.7 Å². The van der Waals surface area contributed by atoms with Crippen molar-refractivity contribution in [3.05, 3.63) is 23.8 Å². The maximum absolute atomic E-state index is 3.41. The van der Waals surface area contributed by atoms with E-state index in [-0.39, 0.29) is 0 Å². The van der Waals surface area contributed by atoms with E-state index in [1.54, 1.807) is 0 Å². The van der Waals surface area contributed by atoms with Crippen LogP contribution in [-0.2, 0) is 6.54 Å². The van der Waals surface area contributed by atoms with Gasteiger partial charge >= 0.3 is 0 Å². The summed E-state index contributed by atoms with van der Waals surface area (Å²) in [6.45, 7) is 2.03. The Labute approximate surface area is 83.1 Å². The number of hydrogen-bond acceptors (Lipinski definition) is 3. The van der Waals surface area contributed by atoms with Crippen molar-refractivity contribution >= 4 is 17.4 Å². The molecule has 0 saturated heterocycles. The topological polar surface area (TPSA) is 24.1 Å². The Morgan fingerprint density at radius 1 is 1.54 bits per heavy atom. The fourth-order valence-electron chi connectivity index (χ4n) is 1.50. The van der Waals surface area contributed by atoms with Crippen LogP contribution in [0.2, 0.25) is 0 Å². The Morgan fingerprint density at radius 2 is 2.46 bits per heavy atom. The first kappa shape index (κ1) is 8.91. The predicted octanol–water partition coefficient (Wildman–Crippen LogP) is 1.92. The summed E-state index contributed by atoms with van der Waals surface area (Å²) in [5.74, 6) is 1.18. The number of hydrogen-bond donors (Lipinski definition) is 2. The zero-order chi connectivity index (χ0) is 9.10. The van der Waals surface area contributed by atoms with Gasteiger partial charge in [0.1, 0.15) is 0 Å². The standard InChI is InChI=1S/C10H14N2S/c1-11-7-8-2-3-10-9(6-8)12-4-5-13-10/h2-3,6,11-12H,4-5,7H2,1H3. The van der Waals surface area contributed by atoms with Crippen molar-refractivity contribution in [3.63, 3.8) is 0 Å². The van der Waals surface area contributed by atoms with Crippen LogP contribution in [0.4, 0.5) is 5.69 Å². The lowest BCUT2D eigenvalue weighted by Gasteiger charge is -2.18. The highest BCUT2D eigenvalue weighted by Gasteiger charge is 2.08. The van der Waals surface area contributed by atoms with Crippen molar-refractivity contribution in [1.82, 2.24) is 5.32 Å². The minimum absolute atomic E-state index is 0.944. The summed E-state index contributed by atoms with van der Waals surface area (Å²) in [6, 6.07) is 6.63. The van der Waals surface area contributed by atoms with Crippen LogP contribution in [0.5, 0.6) is 0 Å². The summed E-state index contributed by atoms with van der Waals surface area (Å²) in [5.41, 5.74) is 2.64. The highest BCUT2D eigenvalue weighted by molar-refractivity contribution is 7.99. The molecule has 1 aromatic carbocycles. The van der Waals surface area contributed by atoms with Gasteiger partial charge in [0.25, 0.3) is 0 Å². The molecule has 1 aliphatic rings. The lowest BCUT2D eigenvalue weighted by atomic mass is 10.2. The Hall–Kier alpha value is -0.670. The fourth-order valence-corrected chi connectivity index (χ4v) is 2.38. The quantitative estimate of drug-likeness (QED) is 0.752. The van der Waals surface area contributed by atoms with Gasteiger partial charge in [-0.3, -0.25) is 0 Å². The number of rotatable bonds is 2. The number of thioether (sulfide) groups is 1. The van der Waals surface area contributed by atoms with E-state index in [0.29, 0.717) is 0 Å². The minimum Gasteiger partial charge on any atom is -0.383 e. The van der Waals surface area contributed by atoms with E-state index in [1.807, 2.05) is 18.8 Å². The molecule has 0 saturated carbocycles. The van der Waals surface area contributed by atoms with Crippen molar-refractivity contribution in [1.29, 1.82) is 0 Å². The van der Waals surface area contributed by atoms with E-state index in [4.69, 9.17) is 0 Å². The van der Waals surface area contributed by atoms with E-state index < -0.39 is 0 Å². The van der Waals surface area contributed by atoms with Gasteiger partial charge in [0, 0.05) is 29.4 Å². The molecule has 2 N–H and O–H groups in total. The molecule has 2 rings (SSSR count). The second-order valence-corrected chi connectivity index (χ2v) is 4.27. The molecular weight excluding hydrogens is 180 g/mol. The SMILES string of the molecule is CNCc1ccc2c(c1)NCCS2.